The van der Waals surface area contributed by atoms with Crippen LogP contribution in [-0.2, 0) is 4.79 Å². The molecule has 94 valence electrons. The van der Waals surface area contributed by atoms with Gasteiger partial charge < -0.3 is 20.8 Å². The van der Waals surface area contributed by atoms with Gasteiger partial charge in [-0.1, -0.05) is 13.8 Å². The van der Waals surface area contributed by atoms with Crippen molar-refractivity contribution in [3.63, 3.8) is 0 Å². The van der Waals surface area contributed by atoms with E-state index in [4.69, 9.17) is 10.2 Å². The Morgan fingerprint density at radius 3 is 2.12 bits per heavy atom. The third-order valence-corrected chi connectivity index (χ3v) is 1.99. The minimum Gasteiger partial charge on any atom is -0.480 e. The number of urea groups is 1. The van der Waals surface area contributed by atoms with Gasteiger partial charge in [0.05, 0.1) is 6.61 Å². The number of carbonyl (C=O) groups is 2. The van der Waals surface area contributed by atoms with Crippen LogP contribution in [0.4, 0.5) is 4.79 Å². The van der Waals surface area contributed by atoms with Crippen molar-refractivity contribution in [2.24, 2.45) is 5.92 Å². The Morgan fingerprint density at radius 2 is 1.75 bits per heavy atom. The Balaban J connectivity index is 4.02. The zero-order valence-corrected chi connectivity index (χ0v) is 9.86. The van der Waals surface area contributed by atoms with Crippen molar-refractivity contribution in [3.05, 3.63) is 0 Å². The van der Waals surface area contributed by atoms with E-state index in [1.54, 1.807) is 0 Å². The lowest BCUT2D eigenvalue weighted by atomic mass is 10.1. The predicted octanol–water partition coefficient (Wildman–Crippen LogP) is 0.166. The van der Waals surface area contributed by atoms with Crippen molar-refractivity contribution < 1.29 is 19.8 Å². The lowest BCUT2D eigenvalue weighted by Crippen LogP contribution is -2.50. The predicted molar refractivity (Wildman–Crippen MR) is 59.1 cm³/mol. The number of aliphatic carboxylic acids is 1. The molecule has 0 heterocycles. The average Bonchev–Trinajstić information content (AvgIpc) is 2.11. The number of hydrogen-bond acceptors (Lipinski definition) is 3. The Kier molecular flexibility index (Phi) is 6.48. The highest BCUT2D eigenvalue weighted by Gasteiger charge is 2.19. The van der Waals surface area contributed by atoms with Crippen molar-refractivity contribution >= 4 is 12.0 Å². The topological polar surface area (TPSA) is 98.7 Å². The van der Waals surface area contributed by atoms with Crippen molar-refractivity contribution in [2.75, 3.05) is 6.61 Å². The van der Waals surface area contributed by atoms with Crippen LogP contribution in [-0.4, -0.2) is 40.9 Å². The minimum absolute atomic E-state index is 0.0341. The molecule has 0 saturated heterocycles. The van der Waals surface area contributed by atoms with Crippen LogP contribution in [0.2, 0.25) is 0 Å². The number of carbonyl (C=O) groups excluding carboxylic acids is 1. The Morgan fingerprint density at radius 1 is 1.19 bits per heavy atom. The zero-order valence-electron chi connectivity index (χ0n) is 9.86. The van der Waals surface area contributed by atoms with E-state index in [1.807, 2.05) is 20.8 Å². The maximum absolute atomic E-state index is 11.3. The summed E-state index contributed by atoms with van der Waals surface area (Å²) in [6, 6.07) is -1.87. The highest BCUT2D eigenvalue weighted by Crippen LogP contribution is 2.03. The molecule has 0 aromatic rings. The van der Waals surface area contributed by atoms with Crippen LogP contribution >= 0.6 is 0 Å². The van der Waals surface area contributed by atoms with Crippen LogP contribution in [0.3, 0.4) is 0 Å². The summed E-state index contributed by atoms with van der Waals surface area (Å²) in [5.41, 5.74) is 0. The molecule has 0 aromatic carbocycles. The Labute approximate surface area is 95.0 Å². The quantitative estimate of drug-likeness (QED) is 0.524. The number of aliphatic hydroxyl groups excluding tert-OH is 1. The van der Waals surface area contributed by atoms with E-state index in [0.717, 1.165) is 6.42 Å². The smallest absolute Gasteiger partial charge is 0.328 e. The summed E-state index contributed by atoms with van der Waals surface area (Å²) in [6.07, 6.45) is 0.810. The number of amides is 2. The van der Waals surface area contributed by atoms with Gasteiger partial charge in [-0.3, -0.25) is 0 Å². The second-order valence-electron chi connectivity index (χ2n) is 4.22. The van der Waals surface area contributed by atoms with E-state index in [9.17, 15) is 9.59 Å². The number of hydrogen-bond donors (Lipinski definition) is 4. The fourth-order valence-corrected chi connectivity index (χ4v) is 1.38. The van der Waals surface area contributed by atoms with Gasteiger partial charge in [0.15, 0.2) is 6.04 Å². The molecule has 0 aliphatic heterocycles. The summed E-state index contributed by atoms with van der Waals surface area (Å²) in [4.78, 5) is 21.8. The molecule has 2 unspecified atom stereocenters. The van der Waals surface area contributed by atoms with Gasteiger partial charge in [0.1, 0.15) is 0 Å². The van der Waals surface area contributed by atoms with Crippen molar-refractivity contribution in [1.29, 1.82) is 0 Å². The molecule has 16 heavy (non-hydrogen) atoms. The van der Waals surface area contributed by atoms with Crippen molar-refractivity contribution in [1.82, 2.24) is 10.6 Å². The molecular weight excluding hydrogens is 212 g/mol. The molecule has 2 atom stereocenters. The zero-order chi connectivity index (χ0) is 12.7. The molecule has 2 amide bonds. The summed E-state index contributed by atoms with van der Waals surface area (Å²) >= 11 is 0. The van der Waals surface area contributed by atoms with Gasteiger partial charge >= 0.3 is 12.0 Å². The molecule has 0 radical (unpaired) electrons. The van der Waals surface area contributed by atoms with Gasteiger partial charge in [-0.25, -0.2) is 9.59 Å². The monoisotopic (exact) mass is 232 g/mol. The summed E-state index contributed by atoms with van der Waals surface area (Å²) in [5.74, 6) is -0.808. The number of aliphatic hydroxyl groups is 1. The molecule has 0 saturated carbocycles. The van der Waals surface area contributed by atoms with E-state index in [1.165, 1.54) is 0 Å². The average molecular weight is 232 g/mol. The van der Waals surface area contributed by atoms with Gasteiger partial charge in [0.25, 0.3) is 0 Å². The molecular formula is C10H20N2O4. The van der Waals surface area contributed by atoms with Gasteiger partial charge in [-0.05, 0) is 19.3 Å². The standard InChI is InChI=1S/C10H20N2O4/c1-6(2)4-7(3)11-10(16)12-8(5-13)9(14)15/h6-8,13H,4-5H2,1-3H3,(H,14,15)(H2,11,12,16). The van der Waals surface area contributed by atoms with E-state index >= 15 is 0 Å². The highest BCUT2D eigenvalue weighted by atomic mass is 16.4. The first-order valence-electron chi connectivity index (χ1n) is 5.27. The van der Waals surface area contributed by atoms with Gasteiger partial charge in [-0.15, -0.1) is 0 Å². The van der Waals surface area contributed by atoms with Crippen LogP contribution in [0.25, 0.3) is 0 Å². The molecule has 0 spiro atoms. The van der Waals surface area contributed by atoms with E-state index in [-0.39, 0.29) is 6.04 Å². The van der Waals surface area contributed by atoms with Gasteiger partial charge in [0, 0.05) is 6.04 Å². The van der Waals surface area contributed by atoms with Crippen LogP contribution in [0.5, 0.6) is 0 Å². The molecule has 0 aromatic heterocycles. The Bertz CT molecular complexity index is 243. The molecule has 0 fully saturated rings. The number of carboxylic acids is 1. The third kappa shape index (κ3) is 6.23. The van der Waals surface area contributed by atoms with Crippen LogP contribution in [0.15, 0.2) is 0 Å². The maximum Gasteiger partial charge on any atom is 0.328 e. The first-order valence-corrected chi connectivity index (χ1v) is 5.27. The highest BCUT2D eigenvalue weighted by molar-refractivity contribution is 5.82. The normalized spacial score (nSPS) is 14.3. The number of nitrogens with one attached hydrogen (secondary N) is 2. The summed E-state index contributed by atoms with van der Waals surface area (Å²) in [7, 11) is 0. The van der Waals surface area contributed by atoms with Gasteiger partial charge in [0.2, 0.25) is 0 Å². The largest absolute Gasteiger partial charge is 0.480 e. The SMILES string of the molecule is CC(C)CC(C)NC(=O)NC(CO)C(=O)O. The summed E-state index contributed by atoms with van der Waals surface area (Å²) < 4.78 is 0. The molecule has 4 N–H and O–H groups in total. The maximum atomic E-state index is 11.3. The molecule has 0 aliphatic rings. The summed E-state index contributed by atoms with van der Waals surface area (Å²) in [6.45, 7) is 5.28. The first-order chi connectivity index (χ1) is 7.36. The number of rotatable bonds is 6. The van der Waals surface area contributed by atoms with Gasteiger partial charge in [-0.2, -0.15) is 0 Å². The Hall–Kier alpha value is -1.30. The fraction of sp³-hybridized carbons (Fsp3) is 0.800. The molecule has 0 rings (SSSR count). The van der Waals surface area contributed by atoms with E-state index in [2.05, 4.69) is 10.6 Å². The first kappa shape index (κ1) is 14.7. The fourth-order valence-electron chi connectivity index (χ4n) is 1.38. The summed E-state index contributed by atoms with van der Waals surface area (Å²) in [5, 5.41) is 22.1. The minimum atomic E-state index is -1.26. The van der Waals surface area contributed by atoms with Crippen LogP contribution in [0, 0.1) is 5.92 Å². The second kappa shape index (κ2) is 7.05. The van der Waals surface area contributed by atoms with E-state index < -0.39 is 24.6 Å². The molecule has 6 nitrogen and oxygen atoms in total. The lowest BCUT2D eigenvalue weighted by Gasteiger charge is -2.18. The molecule has 6 heteroatoms. The van der Waals surface area contributed by atoms with Crippen molar-refractivity contribution in [3.8, 4) is 0 Å². The van der Waals surface area contributed by atoms with E-state index in [0.29, 0.717) is 5.92 Å². The van der Waals surface area contributed by atoms with Crippen LogP contribution < -0.4 is 10.6 Å². The molecule has 0 bridgehead atoms. The molecule has 0 aliphatic carbocycles. The second-order valence-corrected chi connectivity index (χ2v) is 4.22. The van der Waals surface area contributed by atoms with Crippen LogP contribution in [0.1, 0.15) is 27.2 Å². The number of carboxylic acid groups (broad SMARTS) is 1. The lowest BCUT2D eigenvalue weighted by molar-refractivity contribution is -0.140. The van der Waals surface area contributed by atoms with Crippen molar-refractivity contribution in [2.45, 2.75) is 39.3 Å². The third-order valence-electron chi connectivity index (χ3n) is 1.99.